The van der Waals surface area contributed by atoms with Crippen LogP contribution in [0.15, 0.2) is 48.5 Å². The summed E-state index contributed by atoms with van der Waals surface area (Å²) < 4.78 is 11.5. The highest BCUT2D eigenvalue weighted by Gasteiger charge is 2.22. The van der Waals surface area contributed by atoms with E-state index < -0.39 is 6.10 Å². The number of carbonyl (C=O) groups is 2. The third-order valence-corrected chi connectivity index (χ3v) is 5.61. The van der Waals surface area contributed by atoms with Crippen molar-refractivity contribution in [3.8, 4) is 5.75 Å². The van der Waals surface area contributed by atoms with Crippen molar-refractivity contribution in [2.24, 2.45) is 0 Å². The molecule has 0 radical (unpaired) electrons. The van der Waals surface area contributed by atoms with Crippen LogP contribution in [0.2, 0.25) is 0 Å². The molecule has 2 aromatic rings. The summed E-state index contributed by atoms with van der Waals surface area (Å²) in [5.41, 5.74) is 2.13. The summed E-state index contributed by atoms with van der Waals surface area (Å²) in [5, 5.41) is 5.78. The second-order valence-corrected chi connectivity index (χ2v) is 9.17. The number of benzene rings is 2. The highest BCUT2D eigenvalue weighted by molar-refractivity contribution is 6.04. The Kier molecular flexibility index (Phi) is 7.91. The minimum atomic E-state index is -0.668. The van der Waals surface area contributed by atoms with E-state index in [-0.39, 0.29) is 23.3 Å². The average Bonchev–Trinajstić information content (AvgIpc) is 3.29. The second kappa shape index (κ2) is 10.6. The quantitative estimate of drug-likeness (QED) is 0.627. The smallest absolute Gasteiger partial charge is 0.265 e. The Balaban J connectivity index is 1.64. The van der Waals surface area contributed by atoms with E-state index in [9.17, 15) is 9.59 Å². The molecule has 3 rings (SSSR count). The summed E-state index contributed by atoms with van der Waals surface area (Å²) in [6, 6.07) is 14.8. The summed E-state index contributed by atoms with van der Waals surface area (Å²) in [6.07, 6.45) is 1.86. The molecule has 172 valence electrons. The Labute approximate surface area is 190 Å². The van der Waals surface area contributed by atoms with Crippen LogP contribution in [0.4, 0.5) is 5.69 Å². The van der Waals surface area contributed by atoms with Crippen molar-refractivity contribution in [2.45, 2.75) is 64.6 Å². The van der Waals surface area contributed by atoms with Crippen molar-refractivity contribution in [2.75, 3.05) is 18.5 Å². The summed E-state index contributed by atoms with van der Waals surface area (Å²) in [7, 11) is 0. The molecule has 6 heteroatoms. The molecule has 1 fully saturated rings. The maximum absolute atomic E-state index is 12.9. The van der Waals surface area contributed by atoms with Gasteiger partial charge in [-0.05, 0) is 54.5 Å². The van der Waals surface area contributed by atoms with Crippen LogP contribution >= 0.6 is 0 Å². The van der Waals surface area contributed by atoms with Crippen molar-refractivity contribution in [1.29, 1.82) is 0 Å². The standard InChI is InChI=1S/C26H34N2O4/c1-5-23(32-19-14-12-18(13-15-19)26(2,3)4)25(30)28-22-11-7-6-10-21(22)24(29)27-17-20-9-8-16-31-20/h6-7,10-15,20,23H,5,8-9,16-17H2,1-4H3,(H,27,29)(H,28,30)/t20-,23-/m0/s1. The number of para-hydroxylation sites is 1. The molecule has 2 N–H and O–H groups in total. The molecule has 32 heavy (non-hydrogen) atoms. The third kappa shape index (κ3) is 6.33. The number of nitrogens with one attached hydrogen (secondary N) is 2. The van der Waals surface area contributed by atoms with Gasteiger partial charge in [-0.25, -0.2) is 0 Å². The lowest BCUT2D eigenvalue weighted by molar-refractivity contribution is -0.122. The van der Waals surface area contributed by atoms with Gasteiger partial charge in [0.1, 0.15) is 5.75 Å². The predicted molar refractivity (Wildman–Crippen MR) is 126 cm³/mol. The van der Waals surface area contributed by atoms with E-state index in [0.717, 1.165) is 19.4 Å². The van der Waals surface area contributed by atoms with Crippen LogP contribution in [0.1, 0.15) is 62.9 Å². The molecule has 0 aromatic heterocycles. The molecule has 0 spiro atoms. The monoisotopic (exact) mass is 438 g/mol. The van der Waals surface area contributed by atoms with Crippen LogP contribution in [-0.2, 0) is 14.9 Å². The first-order valence-electron chi connectivity index (χ1n) is 11.3. The number of anilines is 1. The van der Waals surface area contributed by atoms with E-state index in [2.05, 4.69) is 31.4 Å². The fraction of sp³-hybridized carbons (Fsp3) is 0.462. The molecule has 1 aliphatic heterocycles. The minimum absolute atomic E-state index is 0.0498. The number of hydrogen-bond acceptors (Lipinski definition) is 4. The molecule has 0 bridgehead atoms. The van der Waals surface area contributed by atoms with Crippen molar-refractivity contribution in [3.63, 3.8) is 0 Å². The molecular weight excluding hydrogens is 404 g/mol. The normalized spacial score (nSPS) is 16.9. The molecule has 1 saturated heterocycles. The zero-order valence-electron chi connectivity index (χ0n) is 19.4. The van der Waals surface area contributed by atoms with Gasteiger partial charge in [0.15, 0.2) is 6.10 Å². The van der Waals surface area contributed by atoms with Crippen LogP contribution < -0.4 is 15.4 Å². The highest BCUT2D eigenvalue weighted by Crippen LogP contribution is 2.25. The van der Waals surface area contributed by atoms with Gasteiger partial charge in [0.25, 0.3) is 11.8 Å². The van der Waals surface area contributed by atoms with Crippen LogP contribution in [0.3, 0.4) is 0 Å². The Morgan fingerprint density at radius 1 is 1.12 bits per heavy atom. The lowest BCUT2D eigenvalue weighted by Gasteiger charge is -2.21. The lowest BCUT2D eigenvalue weighted by Crippen LogP contribution is -2.35. The first-order valence-corrected chi connectivity index (χ1v) is 11.3. The highest BCUT2D eigenvalue weighted by atomic mass is 16.5. The second-order valence-electron chi connectivity index (χ2n) is 9.17. The van der Waals surface area contributed by atoms with Gasteiger partial charge in [-0.1, -0.05) is 52.0 Å². The Morgan fingerprint density at radius 3 is 2.47 bits per heavy atom. The fourth-order valence-corrected chi connectivity index (χ4v) is 3.63. The lowest BCUT2D eigenvalue weighted by atomic mass is 9.87. The van der Waals surface area contributed by atoms with Crippen LogP contribution in [0, 0.1) is 0 Å². The Morgan fingerprint density at radius 2 is 1.84 bits per heavy atom. The van der Waals surface area contributed by atoms with Crippen LogP contribution in [-0.4, -0.2) is 37.2 Å². The van der Waals surface area contributed by atoms with Gasteiger partial charge in [-0.2, -0.15) is 0 Å². The van der Waals surface area contributed by atoms with E-state index in [1.54, 1.807) is 24.3 Å². The van der Waals surface area contributed by atoms with E-state index >= 15 is 0 Å². The summed E-state index contributed by atoms with van der Waals surface area (Å²) in [6.45, 7) is 9.56. The molecule has 0 saturated carbocycles. The van der Waals surface area contributed by atoms with E-state index in [1.165, 1.54) is 5.56 Å². The summed E-state index contributed by atoms with van der Waals surface area (Å²) >= 11 is 0. The first-order chi connectivity index (χ1) is 15.3. The molecular formula is C26H34N2O4. The minimum Gasteiger partial charge on any atom is -0.481 e. The SMILES string of the molecule is CC[C@H](Oc1ccc(C(C)(C)C)cc1)C(=O)Nc1ccccc1C(=O)NC[C@@H]1CCCO1. The van der Waals surface area contributed by atoms with Crippen molar-refractivity contribution in [1.82, 2.24) is 5.32 Å². The maximum Gasteiger partial charge on any atom is 0.265 e. The van der Waals surface area contributed by atoms with Gasteiger partial charge in [0.2, 0.25) is 0 Å². The number of hydrogen-bond donors (Lipinski definition) is 2. The van der Waals surface area contributed by atoms with Crippen LogP contribution in [0.25, 0.3) is 0 Å². The molecule has 1 aliphatic rings. The zero-order chi connectivity index (χ0) is 23.1. The summed E-state index contributed by atoms with van der Waals surface area (Å²) in [4.78, 5) is 25.6. The fourth-order valence-electron chi connectivity index (χ4n) is 3.63. The van der Waals surface area contributed by atoms with Crippen molar-refractivity contribution >= 4 is 17.5 Å². The Bertz CT molecular complexity index is 912. The molecule has 6 nitrogen and oxygen atoms in total. The van der Waals surface area contributed by atoms with Gasteiger partial charge >= 0.3 is 0 Å². The van der Waals surface area contributed by atoms with E-state index in [1.807, 2.05) is 31.2 Å². The molecule has 0 aliphatic carbocycles. The van der Waals surface area contributed by atoms with Gasteiger partial charge in [0.05, 0.1) is 17.4 Å². The summed E-state index contributed by atoms with van der Waals surface area (Å²) in [5.74, 6) is 0.123. The van der Waals surface area contributed by atoms with Gasteiger partial charge in [-0.3, -0.25) is 9.59 Å². The Hall–Kier alpha value is -2.86. The number of amides is 2. The van der Waals surface area contributed by atoms with E-state index in [0.29, 0.717) is 30.0 Å². The van der Waals surface area contributed by atoms with E-state index in [4.69, 9.17) is 9.47 Å². The topological polar surface area (TPSA) is 76.7 Å². The predicted octanol–water partition coefficient (Wildman–Crippen LogP) is 4.69. The van der Waals surface area contributed by atoms with Gasteiger partial charge in [0, 0.05) is 13.2 Å². The maximum atomic E-state index is 12.9. The molecule has 2 aromatic carbocycles. The molecule has 2 atom stereocenters. The first kappa shape index (κ1) is 23.8. The average molecular weight is 439 g/mol. The van der Waals surface area contributed by atoms with Crippen molar-refractivity contribution < 1.29 is 19.1 Å². The molecule has 0 unspecified atom stereocenters. The number of ether oxygens (including phenoxy) is 2. The number of carbonyl (C=O) groups excluding carboxylic acids is 2. The van der Waals surface area contributed by atoms with Crippen LogP contribution in [0.5, 0.6) is 5.75 Å². The van der Waals surface area contributed by atoms with Gasteiger partial charge < -0.3 is 20.1 Å². The molecule has 2 amide bonds. The zero-order valence-corrected chi connectivity index (χ0v) is 19.4. The van der Waals surface area contributed by atoms with Crippen molar-refractivity contribution in [3.05, 3.63) is 59.7 Å². The third-order valence-electron chi connectivity index (χ3n) is 5.61. The van der Waals surface area contributed by atoms with Gasteiger partial charge in [-0.15, -0.1) is 0 Å². The largest absolute Gasteiger partial charge is 0.481 e. The molecule has 1 heterocycles. The number of rotatable bonds is 8.